The van der Waals surface area contributed by atoms with Crippen LogP contribution in [0, 0.1) is 0 Å². The molecule has 0 amide bonds. The van der Waals surface area contributed by atoms with Gasteiger partial charge >= 0.3 is 0 Å². The predicted octanol–water partition coefficient (Wildman–Crippen LogP) is 3.87. The Morgan fingerprint density at radius 3 is 2.93 bits per heavy atom. The Labute approximate surface area is 94.9 Å². The molecule has 0 saturated heterocycles. The monoisotopic (exact) mass is 268 g/mol. The molecule has 0 saturated carbocycles. The molecule has 1 unspecified atom stereocenters. The molecule has 2 rings (SSSR count). The first-order valence-electron chi connectivity index (χ1n) is 4.34. The van der Waals surface area contributed by atoms with Crippen LogP contribution in [0.4, 0.5) is 0 Å². The van der Waals surface area contributed by atoms with E-state index >= 15 is 0 Å². The highest BCUT2D eigenvalue weighted by molar-refractivity contribution is 9.10. The highest BCUT2D eigenvalue weighted by Crippen LogP contribution is 2.26. The van der Waals surface area contributed by atoms with Crippen LogP contribution in [0.1, 0.15) is 17.3 Å². The lowest BCUT2D eigenvalue weighted by atomic mass is 10.1. The van der Waals surface area contributed by atoms with Crippen LogP contribution in [-0.4, -0.2) is 10.6 Å². The Morgan fingerprint density at radius 2 is 2.21 bits per heavy atom. The zero-order valence-electron chi connectivity index (χ0n) is 7.66. The third-order valence-corrected chi connectivity index (χ3v) is 3.49. The summed E-state index contributed by atoms with van der Waals surface area (Å²) in [6, 6.07) is 7.88. The molecule has 2 aromatic rings. The molecule has 0 aliphatic rings. The average molecular weight is 269 g/mol. The molecule has 0 aliphatic heterocycles. The molecule has 0 radical (unpaired) electrons. The van der Waals surface area contributed by atoms with Crippen molar-refractivity contribution < 1.29 is 4.79 Å². The Bertz CT molecular complexity index is 473. The SMILES string of the molecule is CC(Br)C(=O)c1cccc2ccsc12. The number of hydrogen-bond acceptors (Lipinski definition) is 2. The number of ketones is 1. The van der Waals surface area contributed by atoms with Crippen molar-refractivity contribution in [1.82, 2.24) is 0 Å². The molecule has 1 aromatic carbocycles. The number of halogens is 1. The number of fused-ring (bicyclic) bond motifs is 1. The van der Waals surface area contributed by atoms with Gasteiger partial charge in [-0.3, -0.25) is 4.79 Å². The van der Waals surface area contributed by atoms with E-state index < -0.39 is 0 Å². The summed E-state index contributed by atoms with van der Waals surface area (Å²) in [4.78, 5) is 11.7. The maximum absolute atomic E-state index is 11.8. The van der Waals surface area contributed by atoms with Gasteiger partial charge in [-0.2, -0.15) is 0 Å². The van der Waals surface area contributed by atoms with Crippen molar-refractivity contribution in [3.05, 3.63) is 35.2 Å². The lowest BCUT2D eigenvalue weighted by Crippen LogP contribution is -2.09. The molecular weight excluding hydrogens is 260 g/mol. The van der Waals surface area contributed by atoms with E-state index in [9.17, 15) is 4.79 Å². The van der Waals surface area contributed by atoms with Crippen molar-refractivity contribution in [2.24, 2.45) is 0 Å². The van der Waals surface area contributed by atoms with E-state index in [4.69, 9.17) is 0 Å². The van der Waals surface area contributed by atoms with Crippen LogP contribution in [0.5, 0.6) is 0 Å². The van der Waals surface area contributed by atoms with Crippen molar-refractivity contribution in [1.29, 1.82) is 0 Å². The van der Waals surface area contributed by atoms with Gasteiger partial charge in [-0.15, -0.1) is 11.3 Å². The molecule has 0 fully saturated rings. The zero-order chi connectivity index (χ0) is 10.1. The number of carbonyl (C=O) groups excluding carboxylic acids is 1. The lowest BCUT2D eigenvalue weighted by Gasteiger charge is -2.03. The first-order chi connectivity index (χ1) is 6.70. The molecule has 1 aromatic heterocycles. The smallest absolute Gasteiger partial charge is 0.177 e. The fourth-order valence-electron chi connectivity index (χ4n) is 1.40. The van der Waals surface area contributed by atoms with Crippen LogP contribution < -0.4 is 0 Å². The molecule has 1 nitrogen and oxygen atoms in total. The molecule has 1 atom stereocenters. The minimum Gasteiger partial charge on any atom is -0.293 e. The van der Waals surface area contributed by atoms with Crippen molar-refractivity contribution in [2.75, 3.05) is 0 Å². The Hall–Kier alpha value is -0.670. The number of rotatable bonds is 2. The maximum atomic E-state index is 11.8. The second kappa shape index (κ2) is 3.83. The molecule has 72 valence electrons. The normalized spacial score (nSPS) is 13.0. The van der Waals surface area contributed by atoms with Gasteiger partial charge in [-0.1, -0.05) is 28.1 Å². The number of hydrogen-bond donors (Lipinski definition) is 0. The second-order valence-electron chi connectivity index (χ2n) is 3.12. The van der Waals surface area contributed by atoms with Gasteiger partial charge in [0.2, 0.25) is 0 Å². The minimum absolute atomic E-state index is 0.116. The molecule has 0 aliphatic carbocycles. The fraction of sp³-hybridized carbons (Fsp3) is 0.182. The van der Waals surface area contributed by atoms with E-state index in [1.807, 2.05) is 36.6 Å². The van der Waals surface area contributed by atoms with Gasteiger partial charge in [0.15, 0.2) is 5.78 Å². The van der Waals surface area contributed by atoms with Crippen LogP contribution in [0.25, 0.3) is 10.1 Å². The Balaban J connectivity index is 2.62. The summed E-state index contributed by atoms with van der Waals surface area (Å²) < 4.78 is 1.09. The molecule has 0 N–H and O–H groups in total. The van der Waals surface area contributed by atoms with Gasteiger partial charge in [0.1, 0.15) is 0 Å². The van der Waals surface area contributed by atoms with Gasteiger partial charge in [-0.05, 0) is 29.8 Å². The van der Waals surface area contributed by atoms with Gasteiger partial charge in [0.25, 0.3) is 0 Å². The van der Waals surface area contributed by atoms with E-state index in [0.29, 0.717) is 0 Å². The summed E-state index contributed by atoms with van der Waals surface area (Å²) in [5.74, 6) is 0.151. The summed E-state index contributed by atoms with van der Waals surface area (Å²) in [5, 5.41) is 3.16. The number of Topliss-reactive ketones (excluding diaryl/α,β-unsaturated/α-hetero) is 1. The predicted molar refractivity (Wildman–Crippen MR) is 64.5 cm³/mol. The summed E-state index contributed by atoms with van der Waals surface area (Å²) in [6.45, 7) is 1.86. The molecule has 14 heavy (non-hydrogen) atoms. The van der Waals surface area contributed by atoms with Crippen LogP contribution in [0.15, 0.2) is 29.6 Å². The van der Waals surface area contributed by atoms with Crippen LogP contribution >= 0.6 is 27.3 Å². The van der Waals surface area contributed by atoms with E-state index in [2.05, 4.69) is 15.9 Å². The standard InChI is InChI=1S/C11H9BrOS/c1-7(12)10(13)9-4-2-3-8-5-6-14-11(8)9/h2-7H,1H3. The van der Waals surface area contributed by atoms with Crippen molar-refractivity contribution in [2.45, 2.75) is 11.8 Å². The number of thiophene rings is 1. The first kappa shape index (κ1) is 9.87. The number of benzene rings is 1. The molecule has 0 bridgehead atoms. The van der Waals surface area contributed by atoms with E-state index in [1.54, 1.807) is 11.3 Å². The first-order valence-corrected chi connectivity index (χ1v) is 6.14. The van der Waals surface area contributed by atoms with Gasteiger partial charge in [0.05, 0.1) is 4.83 Å². The Morgan fingerprint density at radius 1 is 1.43 bits per heavy atom. The van der Waals surface area contributed by atoms with Gasteiger partial charge < -0.3 is 0 Å². The van der Waals surface area contributed by atoms with E-state index in [-0.39, 0.29) is 10.6 Å². The molecule has 3 heteroatoms. The number of alkyl halides is 1. The third-order valence-electron chi connectivity index (χ3n) is 2.11. The minimum atomic E-state index is -0.116. The Kier molecular flexibility index (Phi) is 2.70. The van der Waals surface area contributed by atoms with Crippen molar-refractivity contribution in [3.63, 3.8) is 0 Å². The summed E-state index contributed by atoms with van der Waals surface area (Å²) >= 11 is 4.92. The quantitative estimate of drug-likeness (QED) is 0.597. The van der Waals surface area contributed by atoms with Crippen LogP contribution in [0.3, 0.4) is 0 Å². The van der Waals surface area contributed by atoms with Crippen LogP contribution in [0.2, 0.25) is 0 Å². The maximum Gasteiger partial charge on any atom is 0.177 e. The summed E-state index contributed by atoms with van der Waals surface area (Å²) in [7, 11) is 0. The van der Waals surface area contributed by atoms with E-state index in [0.717, 1.165) is 15.6 Å². The molecule has 1 heterocycles. The highest BCUT2D eigenvalue weighted by atomic mass is 79.9. The third kappa shape index (κ3) is 1.62. The largest absolute Gasteiger partial charge is 0.293 e. The van der Waals surface area contributed by atoms with Gasteiger partial charge in [-0.25, -0.2) is 0 Å². The van der Waals surface area contributed by atoms with Crippen molar-refractivity contribution >= 4 is 43.1 Å². The van der Waals surface area contributed by atoms with Crippen LogP contribution in [-0.2, 0) is 0 Å². The molecule has 0 spiro atoms. The number of carbonyl (C=O) groups is 1. The topological polar surface area (TPSA) is 17.1 Å². The van der Waals surface area contributed by atoms with Gasteiger partial charge in [0, 0.05) is 10.3 Å². The summed E-state index contributed by atoms with van der Waals surface area (Å²) in [6.07, 6.45) is 0. The second-order valence-corrected chi connectivity index (χ2v) is 5.41. The molecular formula is C11H9BrOS. The fourth-order valence-corrected chi connectivity index (χ4v) is 2.57. The summed E-state index contributed by atoms with van der Waals surface area (Å²) in [5.41, 5.74) is 0.821. The average Bonchev–Trinajstić information content (AvgIpc) is 2.63. The van der Waals surface area contributed by atoms with E-state index in [1.165, 1.54) is 0 Å². The zero-order valence-corrected chi connectivity index (χ0v) is 10.1. The lowest BCUT2D eigenvalue weighted by molar-refractivity contribution is 0.0997. The highest BCUT2D eigenvalue weighted by Gasteiger charge is 2.14. The van der Waals surface area contributed by atoms with Crippen molar-refractivity contribution in [3.8, 4) is 0 Å².